The Balaban J connectivity index is 2.24. The molecule has 1 rings (SSSR count). The summed E-state index contributed by atoms with van der Waals surface area (Å²) in [6, 6.07) is 7.20. The number of nitrogen functional groups attached to an aromatic ring is 1. The van der Waals surface area contributed by atoms with Gasteiger partial charge in [0, 0.05) is 18.8 Å². The lowest BCUT2D eigenvalue weighted by atomic mass is 10.1. The molecule has 0 radical (unpaired) electrons. The van der Waals surface area contributed by atoms with E-state index in [0.717, 1.165) is 11.8 Å². The molecule has 0 fully saturated rings. The molecular formula is C12H19N3O3S. The molecule has 1 amide bonds. The zero-order valence-corrected chi connectivity index (χ0v) is 11.7. The van der Waals surface area contributed by atoms with Crippen molar-refractivity contribution >= 4 is 21.6 Å². The van der Waals surface area contributed by atoms with Crippen LogP contribution in [-0.4, -0.2) is 33.7 Å². The molecule has 0 saturated carbocycles. The van der Waals surface area contributed by atoms with Crippen molar-refractivity contribution in [3.63, 3.8) is 0 Å². The van der Waals surface area contributed by atoms with Gasteiger partial charge in [0.25, 0.3) is 0 Å². The normalized spacial score (nSPS) is 11.2. The van der Waals surface area contributed by atoms with Gasteiger partial charge >= 0.3 is 0 Å². The number of anilines is 1. The smallest absolute Gasteiger partial charge is 0.224 e. The van der Waals surface area contributed by atoms with E-state index in [2.05, 4.69) is 10.0 Å². The predicted molar refractivity (Wildman–Crippen MR) is 75.0 cm³/mol. The van der Waals surface area contributed by atoms with Gasteiger partial charge in [-0.15, -0.1) is 0 Å². The molecule has 6 nitrogen and oxygen atoms in total. The van der Waals surface area contributed by atoms with Gasteiger partial charge in [0.2, 0.25) is 15.9 Å². The van der Waals surface area contributed by atoms with Crippen molar-refractivity contribution in [3.8, 4) is 0 Å². The number of amides is 1. The molecule has 0 heterocycles. The average Bonchev–Trinajstić information content (AvgIpc) is 2.30. The van der Waals surface area contributed by atoms with E-state index in [1.54, 1.807) is 12.1 Å². The van der Waals surface area contributed by atoms with E-state index in [1.807, 2.05) is 12.1 Å². The van der Waals surface area contributed by atoms with Crippen LogP contribution in [0.4, 0.5) is 5.69 Å². The van der Waals surface area contributed by atoms with Gasteiger partial charge in [-0.2, -0.15) is 0 Å². The molecule has 1 aromatic rings. The van der Waals surface area contributed by atoms with Crippen molar-refractivity contribution in [2.75, 3.05) is 25.1 Å². The SMILES string of the molecule is CS(=O)(=O)NCCCNC(=O)Cc1ccccc1N. The predicted octanol–water partition coefficient (Wildman–Crippen LogP) is -0.133. The number of para-hydroxylation sites is 1. The highest BCUT2D eigenvalue weighted by Gasteiger charge is 2.05. The van der Waals surface area contributed by atoms with E-state index < -0.39 is 10.0 Å². The minimum absolute atomic E-state index is 0.128. The molecule has 7 heteroatoms. The van der Waals surface area contributed by atoms with Gasteiger partial charge < -0.3 is 11.1 Å². The fourth-order valence-corrected chi connectivity index (χ4v) is 2.02. The third-order valence-corrected chi connectivity index (χ3v) is 3.17. The number of carbonyl (C=O) groups excluding carboxylic acids is 1. The molecule has 0 aliphatic carbocycles. The Bertz CT molecular complexity index is 529. The maximum atomic E-state index is 11.6. The minimum atomic E-state index is -3.16. The first-order valence-corrected chi connectivity index (χ1v) is 7.82. The first-order valence-electron chi connectivity index (χ1n) is 5.93. The summed E-state index contributed by atoms with van der Waals surface area (Å²) < 4.78 is 23.9. The van der Waals surface area contributed by atoms with E-state index >= 15 is 0 Å². The topological polar surface area (TPSA) is 101 Å². The number of sulfonamides is 1. The first-order chi connectivity index (χ1) is 8.88. The van der Waals surface area contributed by atoms with Crippen LogP contribution in [0.5, 0.6) is 0 Å². The van der Waals surface area contributed by atoms with Crippen LogP contribution in [0.25, 0.3) is 0 Å². The Labute approximate surface area is 113 Å². The fraction of sp³-hybridized carbons (Fsp3) is 0.417. The summed E-state index contributed by atoms with van der Waals surface area (Å²) in [6.07, 6.45) is 1.87. The minimum Gasteiger partial charge on any atom is -0.398 e. The Kier molecular flexibility index (Phi) is 5.78. The van der Waals surface area contributed by atoms with Crippen LogP contribution in [0.3, 0.4) is 0 Å². The van der Waals surface area contributed by atoms with E-state index in [9.17, 15) is 13.2 Å². The van der Waals surface area contributed by atoms with Crippen LogP contribution in [-0.2, 0) is 21.2 Å². The fourth-order valence-electron chi connectivity index (χ4n) is 1.50. The van der Waals surface area contributed by atoms with Gasteiger partial charge in [-0.05, 0) is 18.1 Å². The summed E-state index contributed by atoms with van der Waals surface area (Å²) in [5.41, 5.74) is 7.12. The quantitative estimate of drug-likeness (QED) is 0.479. The van der Waals surface area contributed by atoms with Crippen LogP contribution >= 0.6 is 0 Å². The maximum absolute atomic E-state index is 11.6. The Morgan fingerprint density at radius 2 is 1.95 bits per heavy atom. The lowest BCUT2D eigenvalue weighted by molar-refractivity contribution is -0.120. The molecule has 0 saturated heterocycles. The Morgan fingerprint density at radius 3 is 2.58 bits per heavy atom. The highest BCUT2D eigenvalue weighted by molar-refractivity contribution is 7.88. The van der Waals surface area contributed by atoms with E-state index in [1.165, 1.54) is 0 Å². The highest BCUT2D eigenvalue weighted by Crippen LogP contribution is 2.10. The van der Waals surface area contributed by atoms with Gasteiger partial charge in [-0.1, -0.05) is 18.2 Å². The van der Waals surface area contributed by atoms with Crippen molar-refractivity contribution in [2.45, 2.75) is 12.8 Å². The van der Waals surface area contributed by atoms with Gasteiger partial charge in [0.1, 0.15) is 0 Å². The van der Waals surface area contributed by atoms with E-state index in [0.29, 0.717) is 25.2 Å². The van der Waals surface area contributed by atoms with E-state index in [-0.39, 0.29) is 12.3 Å². The van der Waals surface area contributed by atoms with Gasteiger partial charge in [-0.3, -0.25) is 4.79 Å². The standard InChI is InChI=1S/C12H19N3O3S/c1-19(17,18)15-8-4-7-14-12(16)9-10-5-2-3-6-11(10)13/h2-3,5-6,15H,4,7-9,13H2,1H3,(H,14,16). The molecule has 1 aromatic carbocycles. The van der Waals surface area contributed by atoms with Crippen molar-refractivity contribution in [1.29, 1.82) is 0 Å². The summed E-state index contributed by atoms with van der Waals surface area (Å²) >= 11 is 0. The lowest BCUT2D eigenvalue weighted by Gasteiger charge is -2.07. The average molecular weight is 285 g/mol. The molecule has 106 valence electrons. The summed E-state index contributed by atoms with van der Waals surface area (Å²) in [5.74, 6) is -0.128. The molecule has 0 aliphatic rings. The largest absolute Gasteiger partial charge is 0.398 e. The van der Waals surface area contributed by atoms with Crippen molar-refractivity contribution in [1.82, 2.24) is 10.0 Å². The number of nitrogens with one attached hydrogen (secondary N) is 2. The number of nitrogens with two attached hydrogens (primary N) is 1. The molecular weight excluding hydrogens is 266 g/mol. The summed E-state index contributed by atoms with van der Waals surface area (Å²) in [5, 5.41) is 2.72. The number of hydrogen-bond donors (Lipinski definition) is 3. The highest BCUT2D eigenvalue weighted by atomic mass is 32.2. The van der Waals surface area contributed by atoms with E-state index in [4.69, 9.17) is 5.73 Å². The molecule has 4 N–H and O–H groups in total. The third kappa shape index (κ3) is 6.78. The lowest BCUT2D eigenvalue weighted by Crippen LogP contribution is -2.30. The first kappa shape index (κ1) is 15.5. The molecule has 0 atom stereocenters. The number of benzene rings is 1. The molecule has 0 bridgehead atoms. The zero-order chi connectivity index (χ0) is 14.3. The Hall–Kier alpha value is -1.60. The second kappa shape index (κ2) is 7.10. The molecule has 0 unspecified atom stereocenters. The van der Waals surface area contributed by atoms with Crippen molar-refractivity contribution < 1.29 is 13.2 Å². The van der Waals surface area contributed by atoms with Crippen molar-refractivity contribution in [3.05, 3.63) is 29.8 Å². The second-order valence-corrected chi connectivity index (χ2v) is 6.08. The van der Waals surface area contributed by atoms with Gasteiger partial charge in [-0.25, -0.2) is 13.1 Å². The number of hydrogen-bond acceptors (Lipinski definition) is 4. The summed E-state index contributed by atoms with van der Waals surface area (Å²) in [4.78, 5) is 11.6. The van der Waals surface area contributed by atoms with Crippen LogP contribution in [0.1, 0.15) is 12.0 Å². The molecule has 0 aliphatic heterocycles. The van der Waals surface area contributed by atoms with Crippen molar-refractivity contribution in [2.24, 2.45) is 0 Å². The monoisotopic (exact) mass is 285 g/mol. The zero-order valence-electron chi connectivity index (χ0n) is 10.8. The Morgan fingerprint density at radius 1 is 1.26 bits per heavy atom. The maximum Gasteiger partial charge on any atom is 0.224 e. The van der Waals surface area contributed by atoms with Crippen LogP contribution in [0.15, 0.2) is 24.3 Å². The molecule has 0 aromatic heterocycles. The molecule has 19 heavy (non-hydrogen) atoms. The summed E-state index contributed by atoms with van der Waals surface area (Å²) in [7, 11) is -3.16. The van der Waals surface area contributed by atoms with Crippen LogP contribution in [0.2, 0.25) is 0 Å². The van der Waals surface area contributed by atoms with Gasteiger partial charge in [0.15, 0.2) is 0 Å². The third-order valence-electron chi connectivity index (χ3n) is 2.45. The summed E-state index contributed by atoms with van der Waals surface area (Å²) in [6.45, 7) is 0.737. The van der Waals surface area contributed by atoms with Crippen LogP contribution < -0.4 is 15.8 Å². The molecule has 0 spiro atoms. The second-order valence-electron chi connectivity index (χ2n) is 4.25. The van der Waals surface area contributed by atoms with Gasteiger partial charge in [0.05, 0.1) is 12.7 Å². The van der Waals surface area contributed by atoms with Crippen LogP contribution in [0, 0.1) is 0 Å². The number of rotatable bonds is 7. The number of carbonyl (C=O) groups is 1.